The first-order valence-electron chi connectivity index (χ1n) is 6.25. The number of hydrogen-bond acceptors (Lipinski definition) is 1. The van der Waals surface area contributed by atoms with Crippen LogP contribution in [0, 0.1) is 12.7 Å². The van der Waals surface area contributed by atoms with E-state index in [0.29, 0.717) is 24.1 Å². The predicted molar refractivity (Wildman–Crippen MR) is 73.6 cm³/mol. The zero-order valence-electron chi connectivity index (χ0n) is 10.8. The molecule has 0 radical (unpaired) electrons. The van der Waals surface area contributed by atoms with Gasteiger partial charge in [0.2, 0.25) is 0 Å². The van der Waals surface area contributed by atoms with E-state index in [2.05, 4.69) is 5.32 Å². The number of nitrogens with one attached hydrogen (secondary N) is 1. The largest absolute Gasteiger partial charge is 0.352 e. The lowest BCUT2D eigenvalue weighted by atomic mass is 10.1. The minimum Gasteiger partial charge on any atom is -0.352 e. The molecule has 0 bridgehead atoms. The Morgan fingerprint density at radius 2 is 1.95 bits per heavy atom. The van der Waals surface area contributed by atoms with Gasteiger partial charge in [0.15, 0.2) is 0 Å². The van der Waals surface area contributed by atoms with Crippen LogP contribution in [0.25, 0.3) is 0 Å². The molecule has 1 amide bonds. The Labute approximate surface area is 112 Å². The minimum absolute atomic E-state index is 0.125. The fourth-order valence-corrected chi connectivity index (χ4v) is 1.90. The molecule has 0 aromatic heterocycles. The van der Waals surface area contributed by atoms with Crippen LogP contribution in [0.4, 0.5) is 4.39 Å². The van der Waals surface area contributed by atoms with Gasteiger partial charge < -0.3 is 5.32 Å². The minimum atomic E-state index is -0.229. The first-order chi connectivity index (χ1) is 9.16. The molecule has 0 aliphatic carbocycles. The van der Waals surface area contributed by atoms with Crippen molar-refractivity contribution >= 4 is 5.91 Å². The summed E-state index contributed by atoms with van der Waals surface area (Å²) in [7, 11) is 0. The summed E-state index contributed by atoms with van der Waals surface area (Å²) in [4.78, 5) is 11.9. The molecule has 0 saturated carbocycles. The van der Waals surface area contributed by atoms with Crippen LogP contribution in [0.2, 0.25) is 0 Å². The third-order valence-electron chi connectivity index (χ3n) is 2.92. The van der Waals surface area contributed by atoms with E-state index in [-0.39, 0.29) is 11.7 Å². The highest BCUT2D eigenvalue weighted by molar-refractivity contribution is 5.94. The van der Waals surface area contributed by atoms with Crippen molar-refractivity contribution in [2.75, 3.05) is 6.54 Å². The molecule has 0 spiro atoms. The standard InChI is InChI=1S/C16H16FNO/c1-12-5-4-7-14(11-12)16(19)18-10-9-13-6-2-3-8-15(13)17/h2-8,11H,9-10H2,1H3,(H,18,19). The van der Waals surface area contributed by atoms with Crippen LogP contribution in [0.15, 0.2) is 48.5 Å². The van der Waals surface area contributed by atoms with E-state index >= 15 is 0 Å². The van der Waals surface area contributed by atoms with Gasteiger partial charge in [-0.15, -0.1) is 0 Å². The van der Waals surface area contributed by atoms with Crippen molar-refractivity contribution in [1.29, 1.82) is 0 Å². The molecule has 0 heterocycles. The molecule has 1 N–H and O–H groups in total. The molecule has 0 unspecified atom stereocenters. The molecule has 0 fully saturated rings. The van der Waals surface area contributed by atoms with Crippen molar-refractivity contribution in [2.24, 2.45) is 0 Å². The summed E-state index contributed by atoms with van der Waals surface area (Å²) in [6, 6.07) is 14.0. The Balaban J connectivity index is 1.90. The molecule has 2 nitrogen and oxygen atoms in total. The molecule has 2 rings (SSSR count). The smallest absolute Gasteiger partial charge is 0.251 e. The van der Waals surface area contributed by atoms with Crippen molar-refractivity contribution < 1.29 is 9.18 Å². The lowest BCUT2D eigenvalue weighted by Crippen LogP contribution is -2.25. The molecule has 2 aromatic rings. The third kappa shape index (κ3) is 3.65. The van der Waals surface area contributed by atoms with E-state index in [4.69, 9.17) is 0 Å². The van der Waals surface area contributed by atoms with E-state index in [1.54, 1.807) is 24.3 Å². The number of benzene rings is 2. The van der Waals surface area contributed by atoms with Gasteiger partial charge in [-0.05, 0) is 37.1 Å². The summed E-state index contributed by atoms with van der Waals surface area (Å²) in [5.74, 6) is -0.354. The van der Waals surface area contributed by atoms with Gasteiger partial charge >= 0.3 is 0 Å². The highest BCUT2D eigenvalue weighted by Crippen LogP contribution is 2.07. The lowest BCUT2D eigenvalue weighted by Gasteiger charge is -2.06. The first-order valence-corrected chi connectivity index (χ1v) is 6.25. The van der Waals surface area contributed by atoms with Gasteiger partial charge in [-0.3, -0.25) is 4.79 Å². The van der Waals surface area contributed by atoms with E-state index in [0.717, 1.165) is 5.56 Å². The van der Waals surface area contributed by atoms with Crippen LogP contribution in [-0.2, 0) is 6.42 Å². The summed E-state index contributed by atoms with van der Waals surface area (Å²) >= 11 is 0. The molecule has 98 valence electrons. The van der Waals surface area contributed by atoms with Crippen LogP contribution in [-0.4, -0.2) is 12.5 Å². The fraction of sp³-hybridized carbons (Fsp3) is 0.188. The highest BCUT2D eigenvalue weighted by atomic mass is 19.1. The summed E-state index contributed by atoms with van der Waals surface area (Å²) in [6.45, 7) is 2.36. The average Bonchev–Trinajstić information content (AvgIpc) is 2.41. The molecule has 0 atom stereocenters. The van der Waals surface area contributed by atoms with Gasteiger partial charge in [-0.2, -0.15) is 0 Å². The monoisotopic (exact) mass is 257 g/mol. The summed E-state index contributed by atoms with van der Waals surface area (Å²) in [5.41, 5.74) is 2.29. The average molecular weight is 257 g/mol. The third-order valence-corrected chi connectivity index (χ3v) is 2.92. The van der Waals surface area contributed by atoms with Crippen molar-refractivity contribution in [2.45, 2.75) is 13.3 Å². The molecular formula is C16H16FNO. The SMILES string of the molecule is Cc1cccc(C(=O)NCCc2ccccc2F)c1. The molecule has 0 aliphatic rings. The van der Waals surface area contributed by atoms with Crippen LogP contribution in [0.1, 0.15) is 21.5 Å². The Morgan fingerprint density at radius 3 is 2.68 bits per heavy atom. The van der Waals surface area contributed by atoms with Crippen LogP contribution in [0.5, 0.6) is 0 Å². The van der Waals surface area contributed by atoms with E-state index in [1.165, 1.54) is 6.07 Å². The highest BCUT2D eigenvalue weighted by Gasteiger charge is 2.05. The van der Waals surface area contributed by atoms with Gasteiger partial charge in [0, 0.05) is 12.1 Å². The van der Waals surface area contributed by atoms with Crippen LogP contribution in [0.3, 0.4) is 0 Å². The Morgan fingerprint density at radius 1 is 1.16 bits per heavy atom. The summed E-state index contributed by atoms with van der Waals surface area (Å²) in [5, 5.41) is 2.80. The Kier molecular flexibility index (Phi) is 4.29. The van der Waals surface area contributed by atoms with Crippen molar-refractivity contribution in [3.63, 3.8) is 0 Å². The Bertz CT molecular complexity index is 580. The number of carbonyl (C=O) groups excluding carboxylic acids is 1. The Hall–Kier alpha value is -2.16. The van der Waals surface area contributed by atoms with Gasteiger partial charge in [-0.25, -0.2) is 4.39 Å². The number of carbonyl (C=O) groups is 1. The number of hydrogen-bond donors (Lipinski definition) is 1. The first kappa shape index (κ1) is 13.3. The zero-order chi connectivity index (χ0) is 13.7. The number of aryl methyl sites for hydroxylation is 1. The summed E-state index contributed by atoms with van der Waals surface area (Å²) < 4.78 is 13.4. The quantitative estimate of drug-likeness (QED) is 0.896. The molecule has 0 saturated heterocycles. The second-order valence-electron chi connectivity index (χ2n) is 4.47. The van der Waals surface area contributed by atoms with Gasteiger partial charge in [0.25, 0.3) is 5.91 Å². The molecule has 3 heteroatoms. The number of halogens is 1. The van der Waals surface area contributed by atoms with Crippen molar-refractivity contribution in [3.05, 3.63) is 71.0 Å². The van der Waals surface area contributed by atoms with Gasteiger partial charge in [0.05, 0.1) is 0 Å². The summed E-state index contributed by atoms with van der Waals surface area (Å²) in [6.07, 6.45) is 0.490. The van der Waals surface area contributed by atoms with Crippen LogP contribution < -0.4 is 5.32 Å². The van der Waals surface area contributed by atoms with Crippen molar-refractivity contribution in [3.8, 4) is 0 Å². The maximum atomic E-state index is 13.4. The second-order valence-corrected chi connectivity index (χ2v) is 4.47. The number of amides is 1. The zero-order valence-corrected chi connectivity index (χ0v) is 10.8. The van der Waals surface area contributed by atoms with Gasteiger partial charge in [0.1, 0.15) is 5.82 Å². The van der Waals surface area contributed by atoms with Gasteiger partial charge in [-0.1, -0.05) is 35.9 Å². The number of rotatable bonds is 4. The molecular weight excluding hydrogens is 241 g/mol. The van der Waals surface area contributed by atoms with E-state index in [1.807, 2.05) is 25.1 Å². The second kappa shape index (κ2) is 6.14. The predicted octanol–water partition coefficient (Wildman–Crippen LogP) is 3.11. The van der Waals surface area contributed by atoms with E-state index in [9.17, 15) is 9.18 Å². The molecule has 19 heavy (non-hydrogen) atoms. The molecule has 2 aromatic carbocycles. The van der Waals surface area contributed by atoms with E-state index < -0.39 is 0 Å². The molecule has 0 aliphatic heterocycles. The normalized spacial score (nSPS) is 10.2. The topological polar surface area (TPSA) is 29.1 Å². The van der Waals surface area contributed by atoms with Crippen LogP contribution >= 0.6 is 0 Å². The van der Waals surface area contributed by atoms with Crippen molar-refractivity contribution in [1.82, 2.24) is 5.32 Å². The maximum Gasteiger partial charge on any atom is 0.251 e. The maximum absolute atomic E-state index is 13.4. The lowest BCUT2D eigenvalue weighted by molar-refractivity contribution is 0.0954. The fourth-order valence-electron chi connectivity index (χ4n) is 1.90.